The molecule has 0 aromatic heterocycles. The standard InChI is InChI=1S/C22H13ClO/c23-15-10-12-19-17-7-3-4-8-18(17)20-11-9-14-5-1-2-6-16(14)22(20)24-21(19)13-15/h1-13H. The van der Waals surface area contributed by atoms with Crippen LogP contribution in [0, 0.1) is 0 Å². The van der Waals surface area contributed by atoms with E-state index >= 15 is 0 Å². The average Bonchev–Trinajstić information content (AvgIpc) is 2.76. The van der Waals surface area contributed by atoms with Crippen molar-refractivity contribution in [2.45, 2.75) is 0 Å². The maximum atomic E-state index is 6.39. The quantitative estimate of drug-likeness (QED) is 0.299. The van der Waals surface area contributed by atoms with E-state index in [0.29, 0.717) is 5.02 Å². The Morgan fingerprint density at radius 3 is 2.21 bits per heavy atom. The summed E-state index contributed by atoms with van der Waals surface area (Å²) in [5.41, 5.74) is 4.52. The van der Waals surface area contributed by atoms with Gasteiger partial charge in [-0.05, 0) is 34.7 Å². The van der Waals surface area contributed by atoms with E-state index in [2.05, 4.69) is 48.5 Å². The Kier molecular flexibility index (Phi) is 2.91. The van der Waals surface area contributed by atoms with Crippen LogP contribution in [-0.4, -0.2) is 0 Å². The van der Waals surface area contributed by atoms with E-state index in [1.54, 1.807) is 0 Å². The third-order valence-corrected chi connectivity index (χ3v) is 4.78. The zero-order valence-corrected chi connectivity index (χ0v) is 13.5. The lowest BCUT2D eigenvalue weighted by Gasteiger charge is -2.12. The largest absolute Gasteiger partial charge is 0.455 e. The Morgan fingerprint density at radius 2 is 1.33 bits per heavy atom. The highest BCUT2D eigenvalue weighted by atomic mass is 35.5. The molecule has 4 aromatic carbocycles. The van der Waals surface area contributed by atoms with Gasteiger partial charge in [-0.25, -0.2) is 0 Å². The molecule has 0 spiro atoms. The number of ether oxygens (including phenoxy) is 1. The van der Waals surface area contributed by atoms with Crippen LogP contribution in [0.15, 0.2) is 78.9 Å². The van der Waals surface area contributed by atoms with Gasteiger partial charge >= 0.3 is 0 Å². The molecule has 0 saturated heterocycles. The molecule has 2 heteroatoms. The van der Waals surface area contributed by atoms with Gasteiger partial charge in [-0.3, -0.25) is 0 Å². The molecule has 0 aliphatic carbocycles. The molecule has 0 N–H and O–H groups in total. The maximum absolute atomic E-state index is 6.39. The van der Waals surface area contributed by atoms with E-state index in [1.165, 1.54) is 10.9 Å². The number of halogens is 1. The Bertz CT molecular complexity index is 1100. The Hall–Kier alpha value is -2.77. The zero-order valence-electron chi connectivity index (χ0n) is 12.8. The third-order valence-electron chi connectivity index (χ3n) is 4.54. The third kappa shape index (κ3) is 1.95. The van der Waals surface area contributed by atoms with Crippen molar-refractivity contribution >= 4 is 22.4 Å². The number of fused-ring (bicyclic) bond motifs is 7. The molecular weight excluding hydrogens is 316 g/mol. The van der Waals surface area contributed by atoms with Crippen LogP contribution >= 0.6 is 11.6 Å². The molecule has 24 heavy (non-hydrogen) atoms. The highest BCUT2D eigenvalue weighted by molar-refractivity contribution is 6.30. The van der Waals surface area contributed by atoms with Crippen LogP contribution in [-0.2, 0) is 0 Å². The highest BCUT2D eigenvalue weighted by Crippen LogP contribution is 2.49. The summed E-state index contributed by atoms with van der Waals surface area (Å²) in [6.07, 6.45) is 0. The zero-order chi connectivity index (χ0) is 16.1. The minimum atomic E-state index is 0.676. The van der Waals surface area contributed by atoms with Crippen LogP contribution in [0.3, 0.4) is 0 Å². The summed E-state index contributed by atoms with van der Waals surface area (Å²) in [5.74, 6) is 1.69. The van der Waals surface area contributed by atoms with Gasteiger partial charge in [-0.2, -0.15) is 0 Å². The fraction of sp³-hybridized carbons (Fsp3) is 0. The summed E-state index contributed by atoms with van der Waals surface area (Å²) in [7, 11) is 0. The van der Waals surface area contributed by atoms with E-state index in [1.807, 2.05) is 30.3 Å². The van der Waals surface area contributed by atoms with E-state index in [-0.39, 0.29) is 0 Å². The van der Waals surface area contributed by atoms with Crippen LogP contribution in [0.4, 0.5) is 0 Å². The first-order chi connectivity index (χ1) is 11.8. The Labute approximate surface area is 145 Å². The molecule has 0 amide bonds. The van der Waals surface area contributed by atoms with Crippen molar-refractivity contribution < 1.29 is 4.74 Å². The molecular formula is C22H13ClO. The molecule has 0 bridgehead atoms. The first-order valence-corrected chi connectivity index (χ1v) is 8.28. The van der Waals surface area contributed by atoms with Gasteiger partial charge in [0.05, 0.1) is 0 Å². The molecule has 1 nitrogen and oxygen atoms in total. The van der Waals surface area contributed by atoms with Gasteiger partial charge in [0.1, 0.15) is 11.5 Å². The average molecular weight is 329 g/mol. The molecule has 0 atom stereocenters. The van der Waals surface area contributed by atoms with Crippen molar-refractivity contribution in [1.82, 2.24) is 0 Å². The van der Waals surface area contributed by atoms with Crippen molar-refractivity contribution in [3.63, 3.8) is 0 Å². The van der Waals surface area contributed by atoms with Gasteiger partial charge in [0.15, 0.2) is 0 Å². The van der Waals surface area contributed by atoms with E-state index in [9.17, 15) is 0 Å². The predicted molar refractivity (Wildman–Crippen MR) is 99.9 cm³/mol. The second-order valence-electron chi connectivity index (χ2n) is 5.95. The minimum absolute atomic E-state index is 0.676. The van der Waals surface area contributed by atoms with Crippen LogP contribution in [0.25, 0.3) is 33.0 Å². The van der Waals surface area contributed by atoms with Crippen molar-refractivity contribution in [1.29, 1.82) is 0 Å². The minimum Gasteiger partial charge on any atom is -0.455 e. The Balaban J connectivity index is 1.94. The number of benzene rings is 4. The van der Waals surface area contributed by atoms with Crippen molar-refractivity contribution in [2.24, 2.45) is 0 Å². The summed E-state index contributed by atoms with van der Waals surface area (Å²) in [4.78, 5) is 0. The second kappa shape index (κ2) is 5.12. The van der Waals surface area contributed by atoms with Crippen LogP contribution < -0.4 is 4.74 Å². The van der Waals surface area contributed by atoms with E-state index < -0.39 is 0 Å². The fourth-order valence-electron chi connectivity index (χ4n) is 3.43. The predicted octanol–water partition coefficient (Wildman–Crippen LogP) is 6.93. The van der Waals surface area contributed by atoms with Gasteiger partial charge in [0.25, 0.3) is 0 Å². The summed E-state index contributed by atoms with van der Waals surface area (Å²) in [6, 6.07) is 26.8. The molecule has 4 aromatic rings. The van der Waals surface area contributed by atoms with Crippen LogP contribution in [0.5, 0.6) is 11.5 Å². The smallest absolute Gasteiger partial charge is 0.143 e. The molecule has 0 radical (unpaired) electrons. The lowest BCUT2D eigenvalue weighted by Crippen LogP contribution is -1.88. The maximum Gasteiger partial charge on any atom is 0.143 e. The van der Waals surface area contributed by atoms with Crippen molar-refractivity contribution in [3.8, 4) is 33.8 Å². The van der Waals surface area contributed by atoms with Gasteiger partial charge in [0, 0.05) is 27.6 Å². The van der Waals surface area contributed by atoms with Gasteiger partial charge in [-0.15, -0.1) is 0 Å². The number of hydrogen-bond acceptors (Lipinski definition) is 1. The van der Waals surface area contributed by atoms with Gasteiger partial charge in [0.2, 0.25) is 0 Å². The highest BCUT2D eigenvalue weighted by Gasteiger charge is 2.22. The molecule has 5 rings (SSSR count). The number of rotatable bonds is 0. The van der Waals surface area contributed by atoms with Crippen LogP contribution in [0.2, 0.25) is 5.02 Å². The summed E-state index contributed by atoms with van der Waals surface area (Å²) >= 11 is 6.22. The topological polar surface area (TPSA) is 9.23 Å². The van der Waals surface area contributed by atoms with Gasteiger partial charge in [-0.1, -0.05) is 66.2 Å². The number of hydrogen-bond donors (Lipinski definition) is 0. The lowest BCUT2D eigenvalue weighted by atomic mass is 9.93. The first-order valence-electron chi connectivity index (χ1n) is 7.90. The monoisotopic (exact) mass is 328 g/mol. The van der Waals surface area contributed by atoms with E-state index in [4.69, 9.17) is 16.3 Å². The van der Waals surface area contributed by atoms with E-state index in [0.717, 1.165) is 33.6 Å². The molecule has 0 saturated carbocycles. The second-order valence-corrected chi connectivity index (χ2v) is 6.39. The lowest BCUT2D eigenvalue weighted by molar-refractivity contribution is 0.493. The normalized spacial score (nSPS) is 11.9. The van der Waals surface area contributed by atoms with Crippen LogP contribution in [0.1, 0.15) is 0 Å². The van der Waals surface area contributed by atoms with Crippen molar-refractivity contribution in [3.05, 3.63) is 83.9 Å². The molecule has 0 unspecified atom stereocenters. The molecule has 1 heterocycles. The molecule has 0 fully saturated rings. The summed E-state index contributed by atoms with van der Waals surface area (Å²) in [5, 5.41) is 2.95. The first kappa shape index (κ1) is 13.6. The molecule has 1 aliphatic rings. The summed E-state index contributed by atoms with van der Waals surface area (Å²) in [6.45, 7) is 0. The van der Waals surface area contributed by atoms with Crippen molar-refractivity contribution in [2.75, 3.05) is 0 Å². The summed E-state index contributed by atoms with van der Waals surface area (Å²) < 4.78 is 6.39. The van der Waals surface area contributed by atoms with Gasteiger partial charge < -0.3 is 4.74 Å². The fourth-order valence-corrected chi connectivity index (χ4v) is 3.59. The molecule has 1 aliphatic heterocycles. The molecule has 114 valence electrons. The SMILES string of the molecule is Clc1ccc2c(c1)Oc1c(ccc3ccccc13)-c1ccccc1-2. The Morgan fingerprint density at radius 1 is 0.625 bits per heavy atom.